The summed E-state index contributed by atoms with van der Waals surface area (Å²) in [6.07, 6.45) is 6.31. The molecule has 0 radical (unpaired) electrons. The van der Waals surface area contributed by atoms with Crippen molar-refractivity contribution in [2.24, 2.45) is 5.92 Å². The summed E-state index contributed by atoms with van der Waals surface area (Å²) >= 11 is 0. The molecule has 3 fully saturated rings. The van der Waals surface area contributed by atoms with E-state index in [0.717, 1.165) is 82.5 Å². The van der Waals surface area contributed by atoms with Crippen molar-refractivity contribution in [1.82, 2.24) is 20.2 Å². The molecule has 11 nitrogen and oxygen atoms in total. The van der Waals surface area contributed by atoms with E-state index in [0.29, 0.717) is 43.3 Å². The normalized spacial score (nSPS) is 18.6. The number of benzene rings is 4. The topological polar surface area (TPSA) is 144 Å². The minimum absolute atomic E-state index is 0.0218. The van der Waals surface area contributed by atoms with Crippen molar-refractivity contribution in [1.29, 1.82) is 0 Å². The molecule has 3 saturated heterocycles. The number of nitrogens with one attached hydrogen (secondary N) is 2. The average Bonchev–Trinajstić information content (AvgIpc) is 3.65. The highest BCUT2D eigenvalue weighted by molar-refractivity contribution is 6.74. The Morgan fingerprint density at radius 3 is 2.56 bits per heavy atom. The van der Waals surface area contributed by atoms with Gasteiger partial charge >= 0.3 is 6.09 Å². The van der Waals surface area contributed by atoms with E-state index in [1.807, 2.05) is 54.6 Å². The fourth-order valence-corrected chi connectivity index (χ4v) is 9.94. The van der Waals surface area contributed by atoms with Gasteiger partial charge in [0.1, 0.15) is 11.3 Å². The summed E-state index contributed by atoms with van der Waals surface area (Å²) in [5.74, 6) is 1.04. The van der Waals surface area contributed by atoms with E-state index >= 15 is 0 Å². The second-order valence-corrected chi connectivity index (χ2v) is 22.9. The van der Waals surface area contributed by atoms with Gasteiger partial charge in [-0.1, -0.05) is 87.5 Å². The molecular formula is C49H57N5O6Si. The highest BCUT2D eigenvalue weighted by Gasteiger charge is 2.41. The minimum Gasteiger partial charge on any atom is -0.506 e. The summed E-state index contributed by atoms with van der Waals surface area (Å²) in [5, 5.41) is 25.6. The van der Waals surface area contributed by atoms with Crippen LogP contribution in [0.4, 0.5) is 10.5 Å². The van der Waals surface area contributed by atoms with Gasteiger partial charge < -0.3 is 34.3 Å². The van der Waals surface area contributed by atoms with Gasteiger partial charge in [-0.05, 0) is 109 Å². The fourth-order valence-electron chi connectivity index (χ4n) is 8.66. The number of fused-ring (bicyclic) bond motifs is 5. The Labute approximate surface area is 358 Å². The maximum absolute atomic E-state index is 13.0. The van der Waals surface area contributed by atoms with Crippen molar-refractivity contribution in [3.8, 4) is 16.9 Å². The average molecular weight is 840 g/mol. The standard InChI is InChI=1S/C49H57N5O6Si/c1-49(2,3)61(4,5)60-44(37-18-20-42(55)47-38(37)19-22-45(56)52-47)30-50-29-33-16-21-43-39(27-33)51-46(59-43)14-10-9-11-32-15-17-36(34-12-7-6-8-13-34)40(28-32)54(48(57)58)41-31-53-25-23-35(41)24-26-53/h6-9,11-13,15-22,27-28,35,41,44,50,55H,10,14,23-26,29-31H2,1-5H3,(H,52,56)(H,57,58)/t41?,44-/m0/s1. The second kappa shape index (κ2) is 17.4. The third-order valence-corrected chi connectivity index (χ3v) is 17.5. The maximum atomic E-state index is 13.0. The number of allylic oxidation sites excluding steroid dienone is 1. The van der Waals surface area contributed by atoms with Crippen LogP contribution in [-0.2, 0) is 17.4 Å². The largest absolute Gasteiger partial charge is 0.506 e. The predicted molar refractivity (Wildman–Crippen MR) is 246 cm³/mol. The molecule has 3 aliphatic rings. The maximum Gasteiger partial charge on any atom is 0.412 e. The quantitative estimate of drug-likeness (QED) is 0.0788. The van der Waals surface area contributed by atoms with E-state index in [-0.39, 0.29) is 28.5 Å². The molecule has 1 unspecified atom stereocenters. The number of anilines is 1. The molecule has 12 heteroatoms. The van der Waals surface area contributed by atoms with Crippen LogP contribution in [-0.4, -0.2) is 71.7 Å². The Morgan fingerprint density at radius 2 is 1.84 bits per heavy atom. The molecule has 2 aromatic heterocycles. The molecule has 61 heavy (non-hydrogen) atoms. The van der Waals surface area contributed by atoms with Crippen LogP contribution < -0.4 is 15.8 Å². The zero-order valence-electron chi connectivity index (χ0n) is 35.8. The molecule has 0 spiro atoms. The van der Waals surface area contributed by atoms with Crippen LogP contribution in [0.25, 0.3) is 39.2 Å². The van der Waals surface area contributed by atoms with Crippen LogP contribution in [0.5, 0.6) is 5.75 Å². The van der Waals surface area contributed by atoms with E-state index < -0.39 is 14.4 Å². The van der Waals surface area contributed by atoms with Gasteiger partial charge in [0.25, 0.3) is 0 Å². The van der Waals surface area contributed by atoms with Crippen molar-refractivity contribution in [3.05, 3.63) is 130 Å². The number of nitrogens with zero attached hydrogens (tertiary/aromatic N) is 3. The van der Waals surface area contributed by atoms with Gasteiger partial charge in [-0.2, -0.15) is 0 Å². The molecule has 4 N–H and O–H groups in total. The minimum atomic E-state index is -2.22. The summed E-state index contributed by atoms with van der Waals surface area (Å²) < 4.78 is 13.1. The predicted octanol–water partition coefficient (Wildman–Crippen LogP) is 10.1. The second-order valence-electron chi connectivity index (χ2n) is 18.1. The number of hydrogen-bond acceptors (Lipinski definition) is 8. The molecule has 318 valence electrons. The highest BCUT2D eigenvalue weighted by atomic mass is 28.4. The number of aryl methyl sites for hydroxylation is 1. The Morgan fingerprint density at radius 1 is 1.05 bits per heavy atom. The molecule has 3 aliphatic heterocycles. The molecule has 4 aromatic carbocycles. The van der Waals surface area contributed by atoms with E-state index in [1.165, 1.54) is 6.07 Å². The number of aromatic hydroxyl groups is 1. The van der Waals surface area contributed by atoms with Gasteiger partial charge in [0.2, 0.25) is 5.56 Å². The number of rotatable bonds is 14. The first-order valence-corrected chi connectivity index (χ1v) is 24.4. The zero-order valence-corrected chi connectivity index (χ0v) is 36.8. The van der Waals surface area contributed by atoms with Crippen molar-refractivity contribution >= 4 is 48.2 Å². The Hall–Kier alpha value is -5.53. The zero-order chi connectivity index (χ0) is 42.9. The van der Waals surface area contributed by atoms with Crippen molar-refractivity contribution in [3.63, 3.8) is 0 Å². The lowest BCUT2D eigenvalue weighted by atomic mass is 9.82. The van der Waals surface area contributed by atoms with Crippen LogP contribution in [0.2, 0.25) is 18.1 Å². The summed E-state index contributed by atoms with van der Waals surface area (Å²) in [4.78, 5) is 36.8. The number of hydrogen-bond donors (Lipinski definition) is 4. The third kappa shape index (κ3) is 9.23. The number of aromatic amines is 1. The first-order valence-electron chi connectivity index (χ1n) is 21.5. The van der Waals surface area contributed by atoms with Gasteiger partial charge in [0.05, 0.1) is 23.3 Å². The molecule has 0 aliphatic carbocycles. The number of carbonyl (C=O) groups is 1. The number of phenolic OH excluding ortho intramolecular Hbond substituents is 1. The number of H-pyrrole nitrogens is 1. The number of carboxylic acid groups (broad SMARTS) is 1. The van der Waals surface area contributed by atoms with Gasteiger partial charge in [-0.15, -0.1) is 0 Å². The highest BCUT2D eigenvalue weighted by Crippen LogP contribution is 2.42. The first kappa shape index (κ1) is 42.2. The first-order chi connectivity index (χ1) is 29.2. The van der Waals surface area contributed by atoms with Crippen LogP contribution in [0, 0.1) is 5.92 Å². The van der Waals surface area contributed by atoms with Gasteiger partial charge in [-0.3, -0.25) is 9.69 Å². The van der Waals surface area contributed by atoms with Crippen LogP contribution >= 0.6 is 0 Å². The summed E-state index contributed by atoms with van der Waals surface area (Å²) in [6.45, 7) is 15.0. The lowest BCUT2D eigenvalue weighted by Crippen LogP contribution is -2.59. The lowest BCUT2D eigenvalue weighted by molar-refractivity contribution is 0.0838. The number of piperidine rings is 3. The number of aromatic nitrogens is 2. The Kier molecular flexibility index (Phi) is 12.1. The van der Waals surface area contributed by atoms with Crippen molar-refractivity contribution in [2.75, 3.05) is 31.1 Å². The molecule has 5 heterocycles. The fraction of sp³-hybridized carbons (Fsp3) is 0.367. The summed E-state index contributed by atoms with van der Waals surface area (Å²) in [5.41, 5.74) is 7.22. The number of amides is 1. The number of phenols is 1. The molecular weight excluding hydrogens is 783 g/mol. The van der Waals surface area contributed by atoms with Gasteiger partial charge in [0.15, 0.2) is 19.8 Å². The molecule has 2 bridgehead atoms. The van der Waals surface area contributed by atoms with E-state index in [9.17, 15) is 19.8 Å². The van der Waals surface area contributed by atoms with E-state index in [4.69, 9.17) is 13.8 Å². The van der Waals surface area contributed by atoms with Crippen LogP contribution in [0.3, 0.4) is 0 Å². The third-order valence-electron chi connectivity index (χ3n) is 13.0. The van der Waals surface area contributed by atoms with Gasteiger partial charge in [-0.25, -0.2) is 9.78 Å². The van der Waals surface area contributed by atoms with Crippen LogP contribution in [0.15, 0.2) is 106 Å². The Balaban J connectivity index is 0.946. The molecule has 1 amide bonds. The Bertz CT molecular complexity index is 2610. The lowest BCUT2D eigenvalue weighted by Gasteiger charge is -2.48. The number of oxazole rings is 1. The summed E-state index contributed by atoms with van der Waals surface area (Å²) in [7, 11) is -2.22. The van der Waals surface area contributed by atoms with Crippen molar-refractivity contribution in [2.45, 2.75) is 83.3 Å². The number of pyridine rings is 1. The van der Waals surface area contributed by atoms with Crippen molar-refractivity contribution < 1.29 is 23.9 Å². The molecule has 0 saturated carbocycles. The van der Waals surface area contributed by atoms with Gasteiger partial charge in [0, 0.05) is 43.1 Å². The molecule has 6 aromatic rings. The SMILES string of the molecule is CC(C)(C)[Si](C)(C)O[C@@H](CNCc1ccc2oc(CCC=Cc3ccc(-c4ccccc4)c(N(C(=O)O)C4CN5CCC4CC5)c3)nc2c1)c1ccc(O)c2[nH]c(=O)ccc12. The monoisotopic (exact) mass is 839 g/mol. The smallest absolute Gasteiger partial charge is 0.412 e. The van der Waals surface area contributed by atoms with E-state index in [2.05, 4.69) is 79.4 Å². The van der Waals surface area contributed by atoms with E-state index in [1.54, 1.807) is 17.0 Å². The molecule has 9 rings (SSSR count). The summed E-state index contributed by atoms with van der Waals surface area (Å²) in [6, 6.07) is 28.9. The van der Waals surface area contributed by atoms with Crippen LogP contribution in [0.1, 0.15) is 68.7 Å². The molecule has 2 atom stereocenters.